The number of rotatable bonds is 8. The van der Waals surface area contributed by atoms with Crippen LogP contribution >= 0.6 is 11.8 Å². The summed E-state index contributed by atoms with van der Waals surface area (Å²) in [5, 5.41) is 8.75. The molecule has 0 aromatic heterocycles. The minimum atomic E-state index is -3.91. The number of likely N-dealkylation sites (N-methyl/N-ethyl adjacent to an activating group) is 1. The van der Waals surface area contributed by atoms with Crippen LogP contribution in [0.25, 0.3) is 0 Å². The SMILES string of the molecule is CCOC[C@@H]1CN(C23CC(C2)C3)c2cc(SC)c(O/C=C(\F)C(=O)O)cc2S(=O)(=O)N1C. The first-order valence-electron chi connectivity index (χ1n) is 10.4. The maximum Gasteiger partial charge on any atom is 0.368 e. The average molecular weight is 487 g/mol. The molecule has 0 unspecified atom stereocenters. The molecule has 3 aliphatic carbocycles. The third-order valence-electron chi connectivity index (χ3n) is 6.69. The van der Waals surface area contributed by atoms with E-state index in [0.29, 0.717) is 35.9 Å². The molecule has 176 valence electrons. The molecule has 0 spiro atoms. The number of anilines is 1. The number of fused-ring (bicyclic) bond motifs is 1. The number of carboxylic acids is 1. The van der Waals surface area contributed by atoms with Crippen molar-refractivity contribution in [1.29, 1.82) is 0 Å². The average Bonchev–Trinajstić information content (AvgIpc) is 2.76. The van der Waals surface area contributed by atoms with Crippen LogP contribution in [0.1, 0.15) is 26.2 Å². The van der Waals surface area contributed by atoms with Crippen LogP contribution in [0.3, 0.4) is 0 Å². The molecule has 1 atom stereocenters. The Hall–Kier alpha value is -1.82. The highest BCUT2D eigenvalue weighted by atomic mass is 32.2. The Balaban J connectivity index is 1.83. The largest absolute Gasteiger partial charge is 0.476 e. The zero-order chi connectivity index (χ0) is 23.3. The van der Waals surface area contributed by atoms with Gasteiger partial charge >= 0.3 is 5.97 Å². The van der Waals surface area contributed by atoms with Gasteiger partial charge in [-0.15, -0.1) is 11.8 Å². The number of halogens is 1. The van der Waals surface area contributed by atoms with E-state index in [-0.39, 0.29) is 28.8 Å². The number of sulfonamides is 1. The number of thioether (sulfide) groups is 1. The highest BCUT2D eigenvalue weighted by molar-refractivity contribution is 7.98. The summed E-state index contributed by atoms with van der Waals surface area (Å²) in [6, 6.07) is 2.77. The van der Waals surface area contributed by atoms with E-state index in [0.717, 1.165) is 19.3 Å². The van der Waals surface area contributed by atoms with Crippen molar-refractivity contribution < 1.29 is 32.2 Å². The highest BCUT2D eigenvalue weighted by Crippen LogP contribution is 2.62. The van der Waals surface area contributed by atoms with Gasteiger partial charge in [0.25, 0.3) is 0 Å². The van der Waals surface area contributed by atoms with Gasteiger partial charge in [-0.2, -0.15) is 8.70 Å². The lowest BCUT2D eigenvalue weighted by Gasteiger charge is -2.67. The minimum absolute atomic E-state index is 0.0437. The van der Waals surface area contributed by atoms with Gasteiger partial charge in [0.15, 0.2) is 0 Å². The third-order valence-corrected chi connectivity index (χ3v) is 9.39. The Morgan fingerprint density at radius 2 is 2.06 bits per heavy atom. The monoisotopic (exact) mass is 486 g/mol. The molecular formula is C21H27FN2O6S2. The number of carbonyl (C=O) groups is 1. The number of carboxylic acid groups (broad SMARTS) is 1. The summed E-state index contributed by atoms with van der Waals surface area (Å²) >= 11 is 1.32. The maximum atomic E-state index is 13.6. The summed E-state index contributed by atoms with van der Waals surface area (Å²) in [6.07, 6.45) is 5.39. The smallest absolute Gasteiger partial charge is 0.368 e. The van der Waals surface area contributed by atoms with Crippen LogP contribution in [0.15, 0.2) is 34.0 Å². The fourth-order valence-corrected chi connectivity index (χ4v) is 6.82. The van der Waals surface area contributed by atoms with Crippen molar-refractivity contribution in [2.24, 2.45) is 5.92 Å². The van der Waals surface area contributed by atoms with Crippen LogP contribution in [0.4, 0.5) is 10.1 Å². The van der Waals surface area contributed by atoms with Crippen molar-refractivity contribution in [2.45, 2.75) is 47.6 Å². The second-order valence-electron chi connectivity index (χ2n) is 8.51. The zero-order valence-corrected chi connectivity index (χ0v) is 19.8. The number of ether oxygens (including phenoxy) is 2. The molecule has 5 rings (SSSR count). The standard InChI is InChI=1S/C21H27FN2O6S2/c1-4-29-11-14-10-24(21-7-13(8-21)9-21)16-5-18(31-3)17(30-12-15(22)20(25)26)6-19(16)32(27,28)23(14)2/h5-6,12-14H,4,7-11H2,1-3H3,(H,25,26)/b15-12-/t13?,14-,21?/m0/s1. The first kappa shape index (κ1) is 23.3. The molecule has 1 N–H and O–H groups in total. The van der Waals surface area contributed by atoms with Gasteiger partial charge in [0.1, 0.15) is 16.9 Å². The van der Waals surface area contributed by atoms with E-state index in [1.54, 1.807) is 19.4 Å². The van der Waals surface area contributed by atoms with E-state index in [2.05, 4.69) is 4.90 Å². The Bertz CT molecular complexity index is 1040. The lowest BCUT2D eigenvalue weighted by atomic mass is 9.49. The summed E-state index contributed by atoms with van der Waals surface area (Å²) in [4.78, 5) is 13.6. The molecule has 8 nitrogen and oxygen atoms in total. The molecule has 2 bridgehead atoms. The second kappa shape index (κ2) is 8.51. The quantitative estimate of drug-likeness (QED) is 0.340. The zero-order valence-electron chi connectivity index (χ0n) is 18.2. The van der Waals surface area contributed by atoms with Crippen molar-refractivity contribution >= 4 is 33.4 Å². The van der Waals surface area contributed by atoms with Gasteiger partial charge in [0.05, 0.1) is 23.2 Å². The highest BCUT2D eigenvalue weighted by Gasteiger charge is 2.61. The van der Waals surface area contributed by atoms with E-state index < -0.39 is 21.8 Å². The molecule has 32 heavy (non-hydrogen) atoms. The molecule has 0 saturated heterocycles. The molecule has 1 heterocycles. The minimum Gasteiger partial charge on any atom is -0.476 e. The van der Waals surface area contributed by atoms with Crippen LogP contribution < -0.4 is 9.64 Å². The number of hydrogen-bond donors (Lipinski definition) is 1. The van der Waals surface area contributed by atoms with E-state index >= 15 is 0 Å². The molecular weight excluding hydrogens is 459 g/mol. The van der Waals surface area contributed by atoms with Gasteiger partial charge in [0.2, 0.25) is 15.9 Å². The van der Waals surface area contributed by atoms with E-state index in [4.69, 9.17) is 14.6 Å². The predicted molar refractivity (Wildman–Crippen MR) is 118 cm³/mol. The third kappa shape index (κ3) is 3.78. The van der Waals surface area contributed by atoms with Crippen molar-refractivity contribution in [1.82, 2.24) is 4.31 Å². The number of benzene rings is 1. The van der Waals surface area contributed by atoms with E-state index in [1.165, 1.54) is 22.1 Å². The molecule has 0 amide bonds. The topological polar surface area (TPSA) is 96.4 Å². The molecule has 0 radical (unpaired) electrons. The van der Waals surface area contributed by atoms with Gasteiger partial charge in [-0.25, -0.2) is 13.2 Å². The van der Waals surface area contributed by atoms with Gasteiger partial charge in [-0.3, -0.25) is 0 Å². The molecule has 11 heteroatoms. The first-order chi connectivity index (χ1) is 15.1. The summed E-state index contributed by atoms with van der Waals surface area (Å²) in [6.45, 7) is 3.15. The normalized spacial score (nSPS) is 28.9. The Morgan fingerprint density at radius 3 is 2.59 bits per heavy atom. The fraction of sp³-hybridized carbons (Fsp3) is 0.571. The van der Waals surface area contributed by atoms with Crippen LogP contribution in [-0.4, -0.2) is 68.4 Å². The second-order valence-corrected chi connectivity index (χ2v) is 11.3. The van der Waals surface area contributed by atoms with Gasteiger partial charge in [0, 0.05) is 31.8 Å². The van der Waals surface area contributed by atoms with Crippen molar-refractivity contribution in [3.05, 3.63) is 24.2 Å². The molecule has 1 aromatic carbocycles. The van der Waals surface area contributed by atoms with Crippen molar-refractivity contribution in [2.75, 3.05) is 38.0 Å². The Morgan fingerprint density at radius 1 is 1.38 bits per heavy atom. The molecule has 1 aromatic rings. The van der Waals surface area contributed by atoms with Gasteiger partial charge in [-0.05, 0) is 44.4 Å². The number of nitrogens with zero attached hydrogens (tertiary/aromatic N) is 2. The molecule has 4 aliphatic rings. The summed E-state index contributed by atoms with van der Waals surface area (Å²) in [5.41, 5.74) is 0.561. The van der Waals surface area contributed by atoms with E-state index in [1.807, 2.05) is 6.92 Å². The Kier molecular flexibility index (Phi) is 6.21. The van der Waals surface area contributed by atoms with Crippen LogP contribution in [-0.2, 0) is 19.6 Å². The summed E-state index contributed by atoms with van der Waals surface area (Å²) in [7, 11) is -2.36. The molecule has 3 saturated carbocycles. The van der Waals surface area contributed by atoms with Crippen molar-refractivity contribution in [3.8, 4) is 5.75 Å². The fourth-order valence-electron chi connectivity index (χ4n) is 4.76. The lowest BCUT2D eigenvalue weighted by molar-refractivity contribution is -0.134. The lowest BCUT2D eigenvalue weighted by Crippen LogP contribution is -2.70. The van der Waals surface area contributed by atoms with Crippen LogP contribution in [0, 0.1) is 5.92 Å². The molecule has 1 aliphatic heterocycles. The predicted octanol–water partition coefficient (Wildman–Crippen LogP) is 3.08. The number of hydrogen-bond acceptors (Lipinski definition) is 7. The number of aliphatic carboxylic acids is 1. The first-order valence-corrected chi connectivity index (χ1v) is 13.1. The van der Waals surface area contributed by atoms with Crippen LogP contribution in [0.2, 0.25) is 0 Å². The van der Waals surface area contributed by atoms with Gasteiger partial charge < -0.3 is 19.5 Å². The summed E-state index contributed by atoms with van der Waals surface area (Å²) < 4.78 is 52.9. The van der Waals surface area contributed by atoms with Crippen molar-refractivity contribution in [3.63, 3.8) is 0 Å². The summed E-state index contributed by atoms with van der Waals surface area (Å²) in [5.74, 6) is -2.44. The van der Waals surface area contributed by atoms with Crippen LogP contribution in [0.5, 0.6) is 5.75 Å². The van der Waals surface area contributed by atoms with E-state index in [9.17, 15) is 17.6 Å². The van der Waals surface area contributed by atoms with Gasteiger partial charge in [-0.1, -0.05) is 0 Å². The molecule has 3 fully saturated rings. The Labute approximate surface area is 191 Å². The maximum absolute atomic E-state index is 13.6.